The third-order valence-corrected chi connectivity index (χ3v) is 6.98. The smallest absolute Gasteiger partial charge is 0.413 e. The van der Waals surface area contributed by atoms with Crippen LogP contribution in [0.15, 0.2) is 71.7 Å². The molecule has 0 radical (unpaired) electrons. The third-order valence-electron chi connectivity index (χ3n) is 6.98. The van der Waals surface area contributed by atoms with Gasteiger partial charge in [-0.1, -0.05) is 49.0 Å². The lowest BCUT2D eigenvalue weighted by molar-refractivity contribution is -0.152. The Bertz CT molecular complexity index is 1560. The molecule has 2 aromatic carbocycles. The number of nitrogens with one attached hydrogen (secondary N) is 1. The summed E-state index contributed by atoms with van der Waals surface area (Å²) >= 11 is 0. The summed E-state index contributed by atoms with van der Waals surface area (Å²) in [5.74, 6) is 2.77. The molecule has 222 valence electrons. The highest BCUT2D eigenvalue weighted by atomic mass is 16.6. The van der Waals surface area contributed by atoms with Gasteiger partial charge in [0.25, 0.3) is 0 Å². The molecule has 1 fully saturated rings. The lowest BCUT2D eigenvalue weighted by Gasteiger charge is -2.28. The second-order valence-corrected chi connectivity index (χ2v) is 9.80. The van der Waals surface area contributed by atoms with Crippen molar-refractivity contribution in [1.29, 1.82) is 0 Å². The number of aryl methyl sites for hydroxylation is 1. The number of nitrogens with two attached hydrogens (primary N) is 1. The van der Waals surface area contributed by atoms with E-state index in [0.29, 0.717) is 6.42 Å². The number of hydrazine groups is 1. The molecule has 1 aromatic heterocycles. The first kappa shape index (κ1) is 30.3. The van der Waals surface area contributed by atoms with Gasteiger partial charge in [-0.25, -0.2) is 20.2 Å². The van der Waals surface area contributed by atoms with Crippen molar-refractivity contribution in [3.63, 3.8) is 0 Å². The molecule has 3 aromatic rings. The predicted octanol–water partition coefficient (Wildman–Crippen LogP) is 1.13. The quantitative estimate of drug-likeness (QED) is 0.0754. The van der Waals surface area contributed by atoms with E-state index in [1.807, 2.05) is 42.5 Å². The normalized spacial score (nSPS) is 18.1. The summed E-state index contributed by atoms with van der Waals surface area (Å²) in [7, 11) is 0. The zero-order valence-corrected chi connectivity index (χ0v) is 22.6. The van der Waals surface area contributed by atoms with Crippen LogP contribution in [0, 0.1) is 5.92 Å². The number of carbonyl (C=O) groups excluding carboxylic acids is 2. The molecule has 0 bridgehead atoms. The second kappa shape index (κ2) is 12.9. The van der Waals surface area contributed by atoms with Crippen molar-refractivity contribution in [3.05, 3.63) is 82.9 Å². The standard InChI is InChI=1S/C28H31N5O9/c1-15-20(25(35)36)14-41-24(15)32-12-11-21(30-27(32)39)31-28(40)42-23(26(37)38)16(2)33(29)22(34)10-8-17-7-9-18-5-3-4-6-19(18)13-17/h3-7,9,11-13,16,20,23-25,35-36H,1,8,10,14,29H2,2H3,(H,37,38)(H,30,31,39,40)/t16-,20+,23-,24+/m0/s1. The Morgan fingerprint density at radius 2 is 1.93 bits per heavy atom. The summed E-state index contributed by atoms with van der Waals surface area (Å²) in [5.41, 5.74) is 0.295. The van der Waals surface area contributed by atoms with Gasteiger partial charge in [0, 0.05) is 12.6 Å². The highest BCUT2D eigenvalue weighted by Gasteiger charge is 2.36. The molecule has 4 rings (SSSR count). The van der Waals surface area contributed by atoms with E-state index < -0.39 is 54.2 Å². The molecule has 42 heavy (non-hydrogen) atoms. The van der Waals surface area contributed by atoms with Gasteiger partial charge in [0.1, 0.15) is 5.82 Å². The minimum Gasteiger partial charge on any atom is -0.478 e. The molecule has 1 saturated heterocycles. The minimum atomic E-state index is -1.84. The van der Waals surface area contributed by atoms with Crippen molar-refractivity contribution in [2.45, 2.75) is 44.4 Å². The number of ether oxygens (including phenoxy) is 2. The highest BCUT2D eigenvalue weighted by molar-refractivity contribution is 5.87. The van der Waals surface area contributed by atoms with Gasteiger partial charge in [-0.05, 0) is 41.3 Å². The monoisotopic (exact) mass is 581 g/mol. The van der Waals surface area contributed by atoms with Crippen molar-refractivity contribution in [2.24, 2.45) is 11.8 Å². The Labute approximate surface area is 239 Å². The number of aliphatic hydroxyl groups is 2. The van der Waals surface area contributed by atoms with Crippen molar-refractivity contribution >= 4 is 34.6 Å². The number of amides is 2. The van der Waals surface area contributed by atoms with E-state index in [1.165, 1.54) is 19.2 Å². The van der Waals surface area contributed by atoms with Crippen LogP contribution in [0.4, 0.5) is 10.6 Å². The summed E-state index contributed by atoms with van der Waals surface area (Å²) in [5, 5.41) is 33.4. The number of aliphatic carboxylic acids is 1. The molecule has 0 unspecified atom stereocenters. The minimum absolute atomic E-state index is 0.00687. The summed E-state index contributed by atoms with van der Waals surface area (Å²) in [6, 6.07) is 13.6. The van der Waals surface area contributed by atoms with Crippen LogP contribution in [-0.4, -0.2) is 72.9 Å². The Morgan fingerprint density at radius 1 is 1.21 bits per heavy atom. The Hall–Kier alpha value is -4.63. The number of hydrogen-bond acceptors (Lipinski definition) is 10. The number of rotatable bonds is 10. The molecule has 4 atom stereocenters. The largest absolute Gasteiger partial charge is 0.478 e. The number of nitrogens with zero attached hydrogens (tertiary/aromatic N) is 3. The zero-order chi connectivity index (χ0) is 30.6. The molecule has 6 N–H and O–H groups in total. The van der Waals surface area contributed by atoms with Crippen LogP contribution < -0.4 is 16.8 Å². The van der Waals surface area contributed by atoms with Gasteiger partial charge < -0.3 is 24.8 Å². The van der Waals surface area contributed by atoms with Gasteiger partial charge in [0.15, 0.2) is 12.5 Å². The third kappa shape index (κ3) is 6.80. The molecule has 2 heterocycles. The van der Waals surface area contributed by atoms with Gasteiger partial charge >= 0.3 is 17.8 Å². The van der Waals surface area contributed by atoms with Crippen LogP contribution in [-0.2, 0) is 25.5 Å². The SMILES string of the molecule is C=C1[C@H](C(O)O)CO[C@H]1n1ccc(NC(=O)O[C@H](C(=O)O)[C@H](C)N(N)C(=O)CCc2ccc3ccccc3c2)nc1=O. The molecular formula is C28H31N5O9. The van der Waals surface area contributed by atoms with Crippen LogP contribution in [0.1, 0.15) is 25.1 Å². The Balaban J connectivity index is 1.34. The van der Waals surface area contributed by atoms with Gasteiger partial charge in [-0.15, -0.1) is 0 Å². The average molecular weight is 582 g/mol. The van der Waals surface area contributed by atoms with E-state index in [2.05, 4.69) is 16.9 Å². The molecule has 0 spiro atoms. The molecule has 1 aliphatic heterocycles. The first-order valence-corrected chi connectivity index (χ1v) is 13.0. The lowest BCUT2D eigenvalue weighted by Crippen LogP contribution is -2.53. The zero-order valence-electron chi connectivity index (χ0n) is 22.6. The van der Waals surface area contributed by atoms with Crippen LogP contribution in [0.3, 0.4) is 0 Å². The lowest BCUT2D eigenvalue weighted by atomic mass is 10.0. The maximum Gasteiger partial charge on any atom is 0.413 e. The number of fused-ring (bicyclic) bond motifs is 1. The second-order valence-electron chi connectivity index (χ2n) is 9.80. The fourth-order valence-electron chi connectivity index (χ4n) is 4.54. The first-order chi connectivity index (χ1) is 20.0. The first-order valence-electron chi connectivity index (χ1n) is 13.0. The number of carboxylic acids is 1. The average Bonchev–Trinajstić information content (AvgIpc) is 3.34. The molecule has 14 heteroatoms. The van der Waals surface area contributed by atoms with Crippen LogP contribution in [0.2, 0.25) is 0 Å². The number of carboxylic acid groups (broad SMARTS) is 1. The van der Waals surface area contributed by atoms with Gasteiger partial charge in [-0.2, -0.15) is 4.98 Å². The van der Waals surface area contributed by atoms with Crippen LogP contribution in [0.25, 0.3) is 10.8 Å². The van der Waals surface area contributed by atoms with E-state index in [1.54, 1.807) is 0 Å². The number of hydrogen-bond donors (Lipinski definition) is 5. The molecule has 0 aliphatic carbocycles. The molecule has 2 amide bonds. The summed E-state index contributed by atoms with van der Waals surface area (Å²) in [6.45, 7) is 4.99. The summed E-state index contributed by atoms with van der Waals surface area (Å²) in [6.07, 6.45) is -4.20. The Kier molecular flexibility index (Phi) is 9.32. The summed E-state index contributed by atoms with van der Waals surface area (Å²) in [4.78, 5) is 53.3. The molecule has 0 saturated carbocycles. The fourth-order valence-corrected chi connectivity index (χ4v) is 4.54. The topological polar surface area (TPSA) is 207 Å². The van der Waals surface area contributed by atoms with Crippen molar-refractivity contribution in [1.82, 2.24) is 14.6 Å². The van der Waals surface area contributed by atoms with E-state index in [4.69, 9.17) is 15.3 Å². The summed E-state index contributed by atoms with van der Waals surface area (Å²) < 4.78 is 11.5. The number of anilines is 1. The van der Waals surface area contributed by atoms with Crippen LogP contribution in [0.5, 0.6) is 0 Å². The van der Waals surface area contributed by atoms with E-state index >= 15 is 0 Å². The number of carbonyl (C=O) groups is 3. The predicted molar refractivity (Wildman–Crippen MR) is 149 cm³/mol. The highest BCUT2D eigenvalue weighted by Crippen LogP contribution is 2.33. The number of aromatic nitrogens is 2. The van der Waals surface area contributed by atoms with Crippen molar-refractivity contribution < 1.29 is 39.2 Å². The molecule has 14 nitrogen and oxygen atoms in total. The fraction of sp³-hybridized carbons (Fsp3) is 0.321. The van der Waals surface area contributed by atoms with Crippen molar-refractivity contribution in [2.75, 3.05) is 11.9 Å². The van der Waals surface area contributed by atoms with Gasteiger partial charge in [0.05, 0.1) is 18.6 Å². The van der Waals surface area contributed by atoms with Gasteiger partial charge in [0.2, 0.25) is 12.0 Å². The number of benzene rings is 2. The maximum absolute atomic E-state index is 12.7. The van der Waals surface area contributed by atoms with E-state index in [9.17, 15) is 34.5 Å². The van der Waals surface area contributed by atoms with Gasteiger partial charge in [-0.3, -0.25) is 19.7 Å². The number of aliphatic hydroxyl groups excluding tert-OH is 1. The van der Waals surface area contributed by atoms with E-state index in [-0.39, 0.29) is 24.4 Å². The maximum atomic E-state index is 12.7. The molecule has 1 aliphatic rings. The van der Waals surface area contributed by atoms with Crippen LogP contribution >= 0.6 is 0 Å². The Morgan fingerprint density at radius 3 is 2.57 bits per heavy atom. The van der Waals surface area contributed by atoms with E-state index in [0.717, 1.165) is 25.9 Å². The molecular weight excluding hydrogens is 550 g/mol. The van der Waals surface area contributed by atoms with Crippen molar-refractivity contribution in [3.8, 4) is 0 Å².